The van der Waals surface area contributed by atoms with E-state index in [0.29, 0.717) is 0 Å². The van der Waals surface area contributed by atoms with E-state index in [1.54, 1.807) is 0 Å². The Bertz CT molecular complexity index is 54.1. The maximum absolute atomic E-state index is 7.00. The average molecular weight is 188 g/mol. The summed E-state index contributed by atoms with van der Waals surface area (Å²) in [6.45, 7) is 4.55. The minimum atomic E-state index is 1.00. The van der Waals surface area contributed by atoms with Gasteiger partial charge in [0.25, 0.3) is 0 Å². The fourth-order valence-corrected chi connectivity index (χ4v) is 1.38. The Morgan fingerprint density at radius 2 is 0.769 bits per heavy atom. The Hall–Kier alpha value is -0.0400. The lowest BCUT2D eigenvalue weighted by molar-refractivity contribution is 0.399. The molecule has 0 aliphatic rings. The quantitative estimate of drug-likeness (QED) is 0.567. The zero-order valence-electron chi connectivity index (χ0n) is 9.81. The van der Waals surface area contributed by atoms with Crippen LogP contribution in [0.15, 0.2) is 0 Å². The zero-order chi connectivity index (χ0) is 10.4. The highest BCUT2D eigenvalue weighted by atomic mass is 16.2. The molecule has 0 saturated heterocycles. The Morgan fingerprint density at radius 3 is 1.00 bits per heavy atom. The highest BCUT2D eigenvalue weighted by Gasteiger charge is 1.88. The van der Waals surface area contributed by atoms with Gasteiger partial charge in [0.05, 0.1) is 0 Å². The predicted molar refractivity (Wildman–Crippen MR) is 61.0 cm³/mol. The number of hydrogen-bond donors (Lipinski definition) is 1. The first kappa shape index (κ1) is 15.4. The summed E-state index contributed by atoms with van der Waals surface area (Å²) in [5, 5.41) is 7.00. The maximum Gasteiger partial charge on any atom is 0.0319 e. The van der Waals surface area contributed by atoms with Gasteiger partial charge in [0.15, 0.2) is 0 Å². The second kappa shape index (κ2) is 17.9. The van der Waals surface area contributed by atoms with Crippen LogP contribution in [-0.2, 0) is 0 Å². The lowest BCUT2D eigenvalue weighted by Gasteiger charge is -1.98. The monoisotopic (exact) mass is 188 g/mol. The topological polar surface area (TPSA) is 20.2 Å². The van der Waals surface area contributed by atoms with E-state index in [0.717, 1.165) is 7.11 Å². The molecule has 0 rings (SSSR count). The van der Waals surface area contributed by atoms with Gasteiger partial charge in [-0.3, -0.25) is 0 Å². The Morgan fingerprint density at radius 1 is 0.538 bits per heavy atom. The number of rotatable bonds is 8. The molecule has 0 aromatic rings. The Balaban J connectivity index is 0. The van der Waals surface area contributed by atoms with Gasteiger partial charge in [-0.15, -0.1) is 0 Å². The summed E-state index contributed by atoms with van der Waals surface area (Å²) in [6.07, 6.45) is 13.0. The van der Waals surface area contributed by atoms with Gasteiger partial charge in [-0.25, -0.2) is 0 Å². The van der Waals surface area contributed by atoms with E-state index in [-0.39, 0.29) is 0 Å². The molecule has 1 N–H and O–H groups in total. The maximum atomic E-state index is 7.00. The van der Waals surface area contributed by atoms with Crippen molar-refractivity contribution in [3.63, 3.8) is 0 Å². The molecule has 0 atom stereocenters. The smallest absolute Gasteiger partial charge is 0.0319 e. The number of unbranched alkanes of at least 4 members (excludes halogenated alkanes) is 8. The molecule has 1 heteroatoms. The lowest BCUT2D eigenvalue weighted by Crippen LogP contribution is -1.79. The highest BCUT2D eigenvalue weighted by Crippen LogP contribution is 2.08. The summed E-state index contributed by atoms with van der Waals surface area (Å²) in [5.41, 5.74) is 0. The van der Waals surface area contributed by atoms with E-state index in [4.69, 9.17) is 5.11 Å². The van der Waals surface area contributed by atoms with Gasteiger partial charge >= 0.3 is 0 Å². The number of aliphatic hydroxyl groups is 1. The van der Waals surface area contributed by atoms with Crippen molar-refractivity contribution in [1.82, 2.24) is 0 Å². The van der Waals surface area contributed by atoms with Gasteiger partial charge in [-0.1, -0.05) is 71.6 Å². The molecule has 0 bridgehead atoms. The molecule has 0 spiro atoms. The molecule has 13 heavy (non-hydrogen) atoms. The van der Waals surface area contributed by atoms with Crippen molar-refractivity contribution >= 4 is 0 Å². The van der Waals surface area contributed by atoms with E-state index < -0.39 is 0 Å². The minimum absolute atomic E-state index is 1.00. The van der Waals surface area contributed by atoms with E-state index in [2.05, 4.69) is 13.8 Å². The second-order valence-corrected chi connectivity index (χ2v) is 3.47. The molecular formula is C12H28O. The van der Waals surface area contributed by atoms with Crippen LogP contribution in [0.1, 0.15) is 71.6 Å². The van der Waals surface area contributed by atoms with Crippen molar-refractivity contribution in [2.45, 2.75) is 71.6 Å². The van der Waals surface area contributed by atoms with Crippen LogP contribution in [0.4, 0.5) is 0 Å². The molecule has 0 heterocycles. The molecular weight excluding hydrogens is 160 g/mol. The van der Waals surface area contributed by atoms with Crippen molar-refractivity contribution in [2.75, 3.05) is 7.11 Å². The SMILES string of the molecule is CCCCCCCCCCC.CO. The van der Waals surface area contributed by atoms with Crippen molar-refractivity contribution in [2.24, 2.45) is 0 Å². The summed E-state index contributed by atoms with van der Waals surface area (Å²) >= 11 is 0. The summed E-state index contributed by atoms with van der Waals surface area (Å²) in [7, 11) is 1.00. The minimum Gasteiger partial charge on any atom is -0.400 e. The second-order valence-electron chi connectivity index (χ2n) is 3.47. The van der Waals surface area contributed by atoms with Gasteiger partial charge < -0.3 is 5.11 Å². The van der Waals surface area contributed by atoms with E-state index in [1.165, 1.54) is 57.8 Å². The first-order chi connectivity index (χ1) is 6.41. The first-order valence-corrected chi connectivity index (χ1v) is 5.86. The predicted octanol–water partition coefficient (Wildman–Crippen LogP) is 4.15. The molecule has 1 nitrogen and oxygen atoms in total. The molecule has 0 aromatic carbocycles. The van der Waals surface area contributed by atoms with Gasteiger partial charge in [0.2, 0.25) is 0 Å². The van der Waals surface area contributed by atoms with E-state index in [9.17, 15) is 0 Å². The molecule has 0 aromatic heterocycles. The first-order valence-electron chi connectivity index (χ1n) is 5.86. The van der Waals surface area contributed by atoms with Crippen LogP contribution in [0, 0.1) is 0 Å². The Labute approximate surface area is 84.6 Å². The molecule has 0 radical (unpaired) electrons. The van der Waals surface area contributed by atoms with Crippen LogP contribution in [-0.4, -0.2) is 12.2 Å². The van der Waals surface area contributed by atoms with Crippen LogP contribution < -0.4 is 0 Å². The third kappa shape index (κ3) is 18.7. The van der Waals surface area contributed by atoms with Crippen molar-refractivity contribution in [3.05, 3.63) is 0 Å². The molecule has 0 aliphatic heterocycles. The lowest BCUT2D eigenvalue weighted by atomic mass is 10.1. The zero-order valence-corrected chi connectivity index (χ0v) is 9.81. The van der Waals surface area contributed by atoms with Gasteiger partial charge in [0.1, 0.15) is 0 Å². The molecule has 0 amide bonds. The molecule has 82 valence electrons. The number of hydrogen-bond acceptors (Lipinski definition) is 1. The van der Waals surface area contributed by atoms with Gasteiger partial charge in [0, 0.05) is 7.11 Å². The fourth-order valence-electron chi connectivity index (χ4n) is 1.38. The van der Waals surface area contributed by atoms with Crippen molar-refractivity contribution in [1.29, 1.82) is 0 Å². The highest BCUT2D eigenvalue weighted by molar-refractivity contribution is 4.44. The molecule has 0 unspecified atom stereocenters. The summed E-state index contributed by atoms with van der Waals surface area (Å²) in [5.74, 6) is 0. The van der Waals surface area contributed by atoms with E-state index >= 15 is 0 Å². The normalized spacial score (nSPS) is 9.23. The molecule has 0 aliphatic carbocycles. The molecule has 0 saturated carbocycles. The van der Waals surface area contributed by atoms with Crippen molar-refractivity contribution in [3.8, 4) is 0 Å². The van der Waals surface area contributed by atoms with Crippen LogP contribution in [0.3, 0.4) is 0 Å². The van der Waals surface area contributed by atoms with E-state index in [1.807, 2.05) is 0 Å². The third-order valence-corrected chi connectivity index (χ3v) is 2.21. The number of aliphatic hydroxyl groups excluding tert-OH is 1. The third-order valence-electron chi connectivity index (χ3n) is 2.21. The van der Waals surface area contributed by atoms with Gasteiger partial charge in [-0.2, -0.15) is 0 Å². The summed E-state index contributed by atoms with van der Waals surface area (Å²) in [4.78, 5) is 0. The Kier molecular flexibility index (Phi) is 21.2. The average Bonchev–Trinajstić information content (AvgIpc) is 2.20. The summed E-state index contributed by atoms with van der Waals surface area (Å²) in [6, 6.07) is 0. The fraction of sp³-hybridized carbons (Fsp3) is 1.00. The molecule has 0 fully saturated rings. The largest absolute Gasteiger partial charge is 0.400 e. The van der Waals surface area contributed by atoms with Crippen LogP contribution in [0.5, 0.6) is 0 Å². The van der Waals surface area contributed by atoms with Crippen molar-refractivity contribution < 1.29 is 5.11 Å². The standard InChI is InChI=1S/C11H24.CH4O/c1-3-5-7-9-11-10-8-6-4-2;1-2/h3-11H2,1-2H3;2H,1H3. The van der Waals surface area contributed by atoms with Gasteiger partial charge in [-0.05, 0) is 0 Å². The van der Waals surface area contributed by atoms with Crippen LogP contribution in [0.2, 0.25) is 0 Å². The van der Waals surface area contributed by atoms with Crippen LogP contribution in [0.25, 0.3) is 0 Å². The van der Waals surface area contributed by atoms with Crippen LogP contribution >= 0.6 is 0 Å². The summed E-state index contributed by atoms with van der Waals surface area (Å²) < 4.78 is 0.